The van der Waals surface area contributed by atoms with Gasteiger partial charge in [-0.2, -0.15) is 0 Å². The molecule has 0 aromatic heterocycles. The second kappa shape index (κ2) is 29.2. The minimum absolute atomic E-state index is 0. The molecule has 0 bridgehead atoms. The van der Waals surface area contributed by atoms with Crippen LogP contribution in [0.25, 0.3) is 0 Å². The Kier molecular flexibility index (Phi) is 43.5. The first-order valence-electron chi connectivity index (χ1n) is 5.62. The number of unbranched alkanes of at least 4 members (excludes halogenated alkanes) is 1. The van der Waals surface area contributed by atoms with Gasteiger partial charge in [-0.25, -0.2) is 8.42 Å². The Bertz CT molecular complexity index is 571. The van der Waals surface area contributed by atoms with Crippen molar-refractivity contribution < 1.29 is 61.4 Å². The second-order valence-electron chi connectivity index (χ2n) is 3.01. The zero-order valence-corrected chi connectivity index (χ0v) is 15.3. The summed E-state index contributed by atoms with van der Waals surface area (Å²) in [5, 5.41) is 0. The molecule has 1 aromatic rings. The van der Waals surface area contributed by atoms with Gasteiger partial charge < -0.3 is 17.3 Å². The van der Waals surface area contributed by atoms with E-state index in [0.717, 1.165) is 0 Å². The van der Waals surface area contributed by atoms with E-state index in [2.05, 4.69) is 26.6 Å². The first kappa shape index (κ1) is 40.2. The van der Waals surface area contributed by atoms with Gasteiger partial charge in [0, 0.05) is 17.1 Å². The fraction of sp³-hybridized carbons (Fsp3) is 0.0714. The maximum Gasteiger partial charge on any atom is 0 e. The fourth-order valence-corrected chi connectivity index (χ4v) is 1.93. The van der Waals surface area contributed by atoms with Crippen LogP contribution in [0.2, 0.25) is 0 Å². The molecule has 0 saturated carbocycles. The number of rotatable bonds is 4. The van der Waals surface area contributed by atoms with Gasteiger partial charge in [-0.1, -0.05) is 25.1 Å². The zero-order valence-electron chi connectivity index (χ0n) is 13.4. The summed E-state index contributed by atoms with van der Waals surface area (Å²) in [6.07, 6.45) is 3.20. The molecule has 13 heteroatoms. The number of sulfone groups is 1. The molecule has 0 aliphatic heterocycles. The molecule has 1 aromatic carbocycles. The largest absolute Gasteiger partial charge is 0 e. The molecule has 0 heterocycles. The average molecular weight is 450 g/mol. The van der Waals surface area contributed by atoms with Crippen LogP contribution in [0, 0.1) is 45.2 Å². The van der Waals surface area contributed by atoms with E-state index >= 15 is 0 Å². The maximum absolute atomic E-state index is 11.5. The Hall–Kier alpha value is -1.57. The second-order valence-corrected chi connectivity index (χ2v) is 4.85. The molecule has 27 heavy (non-hydrogen) atoms. The van der Waals surface area contributed by atoms with Crippen LogP contribution in [0.5, 0.6) is 0 Å². The molecule has 0 saturated heterocycles. The average Bonchev–Trinajstić information content (AvgIpc) is 2.66. The molecule has 0 amide bonds. The van der Waals surface area contributed by atoms with Crippen molar-refractivity contribution in [3.63, 3.8) is 0 Å². The normalized spacial score (nSPS) is 8.04. The van der Waals surface area contributed by atoms with E-state index in [4.69, 9.17) is 18.6 Å². The standard InChI is InChI=1S/C10H11O2S.4CO.BF4.Fe/c1-2-3-9-13(11,12)10-7-5-4-6-8-10;4*1-2;2-1(3,4)5;/h2-9H,1H3;;;;;;/q;;;;;-1;. The summed E-state index contributed by atoms with van der Waals surface area (Å²) < 4.78 is 92.0. The Labute approximate surface area is 166 Å². The van der Waals surface area contributed by atoms with Crippen molar-refractivity contribution in [2.24, 2.45) is 0 Å². The van der Waals surface area contributed by atoms with Crippen molar-refractivity contribution in [2.75, 3.05) is 0 Å². The molecule has 1 rings (SSSR count). The Balaban J connectivity index is -0.0000000667. The third-order valence-corrected chi connectivity index (χ3v) is 2.97. The van der Waals surface area contributed by atoms with Crippen molar-refractivity contribution in [3.8, 4) is 0 Å². The van der Waals surface area contributed by atoms with Crippen LogP contribution in [0.1, 0.15) is 6.92 Å². The molecule has 0 aliphatic carbocycles. The van der Waals surface area contributed by atoms with Crippen LogP contribution >= 0.6 is 0 Å². The molecule has 0 spiro atoms. The summed E-state index contributed by atoms with van der Waals surface area (Å²) in [6.45, 7) is 19.8. The summed E-state index contributed by atoms with van der Waals surface area (Å²) in [4.78, 5) is 0.327. The number of halogens is 4. The van der Waals surface area contributed by atoms with E-state index in [0.29, 0.717) is 4.90 Å². The quantitative estimate of drug-likeness (QED) is 0.304. The molecule has 0 fully saturated rings. The first-order valence-corrected chi connectivity index (χ1v) is 7.16. The summed E-state index contributed by atoms with van der Waals surface area (Å²) >= 11 is 0. The number of hydrogen-bond acceptors (Lipinski definition) is 2. The molecule has 0 atom stereocenters. The van der Waals surface area contributed by atoms with Gasteiger partial charge in [0.25, 0.3) is 0 Å². The summed E-state index contributed by atoms with van der Waals surface area (Å²) in [5.74, 6) is 1.20. The van der Waals surface area contributed by atoms with Crippen molar-refractivity contribution in [1.82, 2.24) is 0 Å². The minimum Gasteiger partial charge on any atom is 0 e. The minimum atomic E-state index is -6.00. The molecule has 0 N–H and O–H groups in total. The van der Waals surface area contributed by atoms with E-state index in [1.165, 1.54) is 12.2 Å². The van der Waals surface area contributed by atoms with Crippen LogP contribution in [-0.2, 0) is 45.5 Å². The van der Waals surface area contributed by atoms with Crippen LogP contribution in [0.4, 0.5) is 17.3 Å². The molecule has 0 aliphatic rings. The van der Waals surface area contributed by atoms with Crippen molar-refractivity contribution in [1.29, 1.82) is 0 Å². The van der Waals surface area contributed by atoms with Crippen molar-refractivity contribution >= 4 is 17.1 Å². The molecule has 0 unspecified atom stereocenters. The Morgan fingerprint density at radius 3 is 1.41 bits per heavy atom. The van der Waals surface area contributed by atoms with Crippen LogP contribution in [-0.4, -0.2) is 15.7 Å². The van der Waals surface area contributed by atoms with Gasteiger partial charge in [-0.05, 0) is 25.0 Å². The van der Waals surface area contributed by atoms with E-state index < -0.39 is 17.1 Å². The van der Waals surface area contributed by atoms with E-state index in [-0.39, 0.29) is 17.1 Å². The SMILES string of the molecule is C[CH][CH][CH]S(=O)(=O)c1ccccc1.F[B-](F)(F)F.[C-]#[O+].[C-]#[O+].[C-]#[O+].[C-]#[O+].[Fe]. The van der Waals surface area contributed by atoms with E-state index in [1.54, 1.807) is 43.7 Å². The molecular weight excluding hydrogens is 439 g/mol. The smallest absolute Gasteiger partial charge is 0 e. The van der Waals surface area contributed by atoms with Crippen molar-refractivity contribution in [3.05, 3.63) is 75.5 Å². The molecule has 6 nitrogen and oxygen atoms in total. The number of benzene rings is 1. The predicted octanol–water partition coefficient (Wildman–Crippen LogP) is 3.20. The predicted molar refractivity (Wildman–Crippen MR) is 78.1 cm³/mol. The Morgan fingerprint density at radius 1 is 0.852 bits per heavy atom. The van der Waals surface area contributed by atoms with Gasteiger partial charge in [0.15, 0.2) is 9.84 Å². The summed E-state index contributed by atoms with van der Waals surface area (Å²) in [5.41, 5.74) is 0. The van der Waals surface area contributed by atoms with Crippen LogP contribution in [0.15, 0.2) is 35.2 Å². The maximum atomic E-state index is 11.5. The Morgan fingerprint density at radius 2 is 1.15 bits per heavy atom. The monoisotopic (exact) mass is 450 g/mol. The molecule has 3 radical (unpaired) electrons. The van der Waals surface area contributed by atoms with Crippen LogP contribution < -0.4 is 0 Å². The first-order chi connectivity index (χ1) is 12.2. The van der Waals surface area contributed by atoms with E-state index in [9.17, 15) is 25.7 Å². The topological polar surface area (TPSA) is 114 Å². The van der Waals surface area contributed by atoms with Gasteiger partial charge in [-0.3, -0.25) is 0 Å². The number of hydrogen-bond donors (Lipinski definition) is 0. The third-order valence-electron chi connectivity index (χ3n) is 1.52. The summed E-state index contributed by atoms with van der Waals surface area (Å²) in [6, 6.07) is 8.35. The van der Waals surface area contributed by atoms with Gasteiger partial charge in [0.1, 0.15) is 0 Å². The van der Waals surface area contributed by atoms with Crippen LogP contribution in [0.3, 0.4) is 0 Å². The zero-order chi connectivity index (χ0) is 22.2. The third kappa shape index (κ3) is 40.5. The van der Waals surface area contributed by atoms with Gasteiger partial charge in [0.05, 0.1) is 10.6 Å². The summed E-state index contributed by atoms with van der Waals surface area (Å²) in [7, 11) is -9.23. The van der Waals surface area contributed by atoms with Gasteiger partial charge in [-0.15, -0.1) is 0 Å². The van der Waals surface area contributed by atoms with Gasteiger partial charge in [0.2, 0.25) is 0 Å². The molecule has 149 valence electrons. The van der Waals surface area contributed by atoms with Crippen molar-refractivity contribution in [2.45, 2.75) is 11.8 Å². The van der Waals surface area contributed by atoms with E-state index in [1.807, 2.05) is 0 Å². The fourth-order valence-electron chi connectivity index (χ4n) is 0.871. The van der Waals surface area contributed by atoms with Gasteiger partial charge >= 0.3 is 52.5 Å². The molecular formula is C14H11BF4FeO6S-.